The second kappa shape index (κ2) is 12.6. The van der Waals surface area contributed by atoms with Crippen LogP contribution in [0.25, 0.3) is 0 Å². The molecule has 38 heavy (non-hydrogen) atoms. The zero-order chi connectivity index (χ0) is 27.8. The van der Waals surface area contributed by atoms with Gasteiger partial charge in [0, 0.05) is 63.1 Å². The van der Waals surface area contributed by atoms with Crippen molar-refractivity contribution >= 4 is 6.72 Å². The fourth-order valence-corrected chi connectivity index (χ4v) is 3.84. The summed E-state index contributed by atoms with van der Waals surface area (Å²) in [5, 5.41) is 22.5. The molecule has 1 aliphatic carbocycles. The van der Waals surface area contributed by atoms with E-state index >= 15 is 8.78 Å². The molecule has 7 nitrogen and oxygen atoms in total. The summed E-state index contributed by atoms with van der Waals surface area (Å²) in [7, 11) is 3.01. The Balaban J connectivity index is 1.87. The number of hydrogen-bond donors (Lipinski definition) is 1. The molecule has 2 atom stereocenters. The Morgan fingerprint density at radius 3 is 2.66 bits per heavy atom. The predicted molar refractivity (Wildman–Crippen MR) is 134 cm³/mol. The smallest absolute Gasteiger partial charge is 0.321 e. The summed E-state index contributed by atoms with van der Waals surface area (Å²) in [5.74, 6) is -0.463. The molecule has 200 valence electrons. The number of hydrogen-bond acceptors (Lipinski definition) is 5. The van der Waals surface area contributed by atoms with Crippen molar-refractivity contribution in [3.8, 4) is 11.8 Å². The van der Waals surface area contributed by atoms with Crippen molar-refractivity contribution in [1.82, 2.24) is 9.99 Å². The molecule has 0 amide bonds. The molecule has 0 aliphatic heterocycles. The van der Waals surface area contributed by atoms with Crippen LogP contribution in [0.2, 0.25) is 0 Å². The lowest BCUT2D eigenvalue weighted by molar-refractivity contribution is -0.204. The van der Waals surface area contributed by atoms with Crippen LogP contribution in [0.15, 0.2) is 75.9 Å². The van der Waals surface area contributed by atoms with Crippen LogP contribution in [0, 0.1) is 29.4 Å². The lowest BCUT2D eigenvalue weighted by Crippen LogP contribution is -2.46. The molecule has 1 aromatic heterocycles. The van der Waals surface area contributed by atoms with E-state index < -0.39 is 40.8 Å². The topological polar surface area (TPSA) is 82.7 Å². The van der Waals surface area contributed by atoms with Gasteiger partial charge < -0.3 is 9.84 Å². The van der Waals surface area contributed by atoms with Gasteiger partial charge in [0.1, 0.15) is 17.3 Å². The van der Waals surface area contributed by atoms with Crippen LogP contribution in [0.1, 0.15) is 29.7 Å². The average Bonchev–Trinajstić information content (AvgIpc) is 2.90. The number of alkyl halides is 2. The monoisotopic (exact) mass is 529 g/mol. The van der Waals surface area contributed by atoms with Gasteiger partial charge in [-0.3, -0.25) is 9.99 Å². The van der Waals surface area contributed by atoms with Crippen LogP contribution in [0.3, 0.4) is 0 Å². The maximum atomic E-state index is 15.8. The Bertz CT molecular complexity index is 1280. The number of halogens is 4. The molecule has 0 spiro atoms. The van der Waals surface area contributed by atoms with E-state index in [0.717, 1.165) is 35.0 Å². The van der Waals surface area contributed by atoms with Crippen molar-refractivity contribution in [2.24, 2.45) is 21.5 Å². The number of benzene rings is 1. The Kier molecular flexibility index (Phi) is 9.50. The molecule has 2 unspecified atom stereocenters. The van der Waals surface area contributed by atoms with E-state index in [2.05, 4.69) is 39.1 Å². The molecule has 11 heteroatoms. The number of allylic oxidation sites excluding steroid dienone is 2. The second-order valence-electron chi connectivity index (χ2n) is 8.63. The summed E-state index contributed by atoms with van der Waals surface area (Å²) in [6.45, 7) is 3.36. The van der Waals surface area contributed by atoms with Crippen molar-refractivity contribution in [3.63, 3.8) is 0 Å². The van der Waals surface area contributed by atoms with Crippen LogP contribution >= 0.6 is 0 Å². The fourth-order valence-electron chi connectivity index (χ4n) is 3.84. The molecule has 2 aromatic rings. The molecule has 3 rings (SSSR count). The van der Waals surface area contributed by atoms with E-state index in [-0.39, 0.29) is 12.5 Å². The number of rotatable bonds is 10. The molecule has 0 saturated heterocycles. The Labute approximate surface area is 218 Å². The van der Waals surface area contributed by atoms with Crippen LogP contribution in [-0.4, -0.2) is 49.1 Å². The minimum absolute atomic E-state index is 0.0475. The fraction of sp³-hybridized carbons (Fsp3) is 0.333. The lowest BCUT2D eigenvalue weighted by Gasteiger charge is -2.36. The minimum Gasteiger partial charge on any atom is -0.380 e. The largest absolute Gasteiger partial charge is 0.380 e. The highest BCUT2D eigenvalue weighted by atomic mass is 19.3. The molecular formula is C27H27F4N5O2. The van der Waals surface area contributed by atoms with Crippen molar-refractivity contribution in [2.45, 2.75) is 24.4 Å². The van der Waals surface area contributed by atoms with Crippen LogP contribution in [0.5, 0.6) is 0 Å². The maximum absolute atomic E-state index is 15.8. The molecule has 1 aliphatic rings. The molecular weight excluding hydrogens is 502 g/mol. The SMILES string of the molecule is C=N/N=N\N(C)CCC(O)(c1ccc(F)cc1F)C(F)(F)c1ccc(C#CC2C=CC(COC)=CC2)cn1. The summed E-state index contributed by atoms with van der Waals surface area (Å²) in [5.41, 5.74) is -3.26. The minimum atomic E-state index is -4.08. The van der Waals surface area contributed by atoms with Gasteiger partial charge in [0.25, 0.3) is 0 Å². The molecule has 0 bridgehead atoms. The van der Waals surface area contributed by atoms with Gasteiger partial charge in [-0.25, -0.2) is 8.78 Å². The molecule has 1 heterocycles. The van der Waals surface area contributed by atoms with Gasteiger partial charge in [0.2, 0.25) is 0 Å². The first-order valence-electron chi connectivity index (χ1n) is 11.6. The van der Waals surface area contributed by atoms with Gasteiger partial charge in [-0.1, -0.05) is 41.4 Å². The van der Waals surface area contributed by atoms with Crippen molar-refractivity contribution in [1.29, 1.82) is 0 Å². The molecule has 1 N–H and O–H groups in total. The summed E-state index contributed by atoms with van der Waals surface area (Å²) in [4.78, 5) is 3.83. The maximum Gasteiger partial charge on any atom is 0.321 e. The summed E-state index contributed by atoms with van der Waals surface area (Å²) in [6.07, 6.45) is 7.04. The van der Waals surface area contributed by atoms with Gasteiger partial charge >= 0.3 is 5.92 Å². The van der Waals surface area contributed by atoms with E-state index in [1.807, 2.05) is 18.2 Å². The van der Waals surface area contributed by atoms with Crippen LogP contribution in [-0.2, 0) is 16.3 Å². The molecule has 0 radical (unpaired) electrons. The zero-order valence-corrected chi connectivity index (χ0v) is 20.9. The number of aliphatic hydroxyl groups is 1. The highest BCUT2D eigenvalue weighted by Crippen LogP contribution is 2.47. The normalized spacial score (nSPS) is 16.9. The van der Waals surface area contributed by atoms with Crippen LogP contribution < -0.4 is 0 Å². The quantitative estimate of drug-likeness (QED) is 0.152. The zero-order valence-electron chi connectivity index (χ0n) is 20.9. The van der Waals surface area contributed by atoms with E-state index in [9.17, 15) is 13.9 Å². The Hall–Kier alpha value is -3.88. The third-order valence-corrected chi connectivity index (χ3v) is 5.92. The average molecular weight is 530 g/mol. The van der Waals surface area contributed by atoms with Gasteiger partial charge in [-0.15, -0.1) is 5.10 Å². The van der Waals surface area contributed by atoms with E-state index in [4.69, 9.17) is 4.74 Å². The highest BCUT2D eigenvalue weighted by molar-refractivity contribution is 5.38. The number of nitrogens with zero attached hydrogens (tertiary/aromatic N) is 5. The summed E-state index contributed by atoms with van der Waals surface area (Å²) in [6, 6.07) is 4.38. The number of aromatic nitrogens is 1. The molecule has 0 fully saturated rings. The number of ether oxygens (including phenoxy) is 1. The van der Waals surface area contributed by atoms with Crippen molar-refractivity contribution < 1.29 is 27.4 Å². The number of methoxy groups -OCH3 is 1. The third kappa shape index (κ3) is 6.70. The first-order chi connectivity index (χ1) is 18.1. The standard InChI is InChI=1S/C27H27F4N5O2/c1-32-34-35-36(2)15-14-26(37,23-12-11-22(28)16-24(23)29)27(30,31)25-13-10-20(17-33-25)7-4-19-5-8-21(9-6-19)18-38-3/h5,8-13,16-17,19,37H,1,6,14-15,18H2,2-3H3/b35-34-. The third-order valence-electron chi connectivity index (χ3n) is 5.92. The predicted octanol–water partition coefficient (Wildman–Crippen LogP) is 5.14. The Morgan fingerprint density at radius 1 is 1.26 bits per heavy atom. The summed E-state index contributed by atoms with van der Waals surface area (Å²) >= 11 is 0. The van der Waals surface area contributed by atoms with Crippen LogP contribution in [0.4, 0.5) is 17.6 Å². The molecule has 1 aromatic carbocycles. The number of pyridine rings is 1. The van der Waals surface area contributed by atoms with Gasteiger partial charge in [-0.05, 0) is 35.4 Å². The van der Waals surface area contributed by atoms with E-state index in [1.54, 1.807) is 7.11 Å². The highest BCUT2D eigenvalue weighted by Gasteiger charge is 2.57. The van der Waals surface area contributed by atoms with E-state index in [1.165, 1.54) is 13.1 Å². The van der Waals surface area contributed by atoms with Gasteiger partial charge in [0.15, 0.2) is 5.60 Å². The van der Waals surface area contributed by atoms with Gasteiger partial charge in [-0.2, -0.15) is 8.78 Å². The van der Waals surface area contributed by atoms with E-state index in [0.29, 0.717) is 24.7 Å². The lowest BCUT2D eigenvalue weighted by atomic mass is 9.82. The van der Waals surface area contributed by atoms with Crippen molar-refractivity contribution in [2.75, 3.05) is 27.3 Å². The van der Waals surface area contributed by atoms with Gasteiger partial charge in [0.05, 0.1) is 6.61 Å². The molecule has 0 saturated carbocycles. The second-order valence-corrected chi connectivity index (χ2v) is 8.63. The summed E-state index contributed by atoms with van der Waals surface area (Å²) < 4.78 is 65.0. The first-order valence-corrected chi connectivity index (χ1v) is 11.6. The van der Waals surface area contributed by atoms with Crippen molar-refractivity contribution in [3.05, 3.63) is 88.8 Å². The first kappa shape index (κ1) is 28.7. The Morgan fingerprint density at radius 2 is 2.05 bits per heavy atom.